The zero-order chi connectivity index (χ0) is 20.5. The summed E-state index contributed by atoms with van der Waals surface area (Å²) < 4.78 is 4.30. The number of amides is 1. The van der Waals surface area contributed by atoms with Gasteiger partial charge >= 0.3 is 0 Å². The second-order valence-electron chi connectivity index (χ2n) is 7.11. The van der Waals surface area contributed by atoms with Gasteiger partial charge in [0.1, 0.15) is 17.9 Å². The zero-order valence-electron chi connectivity index (χ0n) is 16.8. The summed E-state index contributed by atoms with van der Waals surface area (Å²) in [6, 6.07) is 13.7. The molecule has 6 nitrogen and oxygen atoms in total. The van der Waals surface area contributed by atoms with Crippen molar-refractivity contribution in [3.63, 3.8) is 0 Å². The third-order valence-electron chi connectivity index (χ3n) is 5.12. The quantitative estimate of drug-likeness (QED) is 0.529. The second kappa shape index (κ2) is 7.83. The van der Waals surface area contributed by atoms with Crippen LogP contribution in [0.5, 0.6) is 0 Å². The summed E-state index contributed by atoms with van der Waals surface area (Å²) in [5.41, 5.74) is 2.37. The third kappa shape index (κ3) is 3.58. The van der Waals surface area contributed by atoms with Crippen LogP contribution >= 0.6 is 11.3 Å². The van der Waals surface area contributed by atoms with Crippen molar-refractivity contribution in [2.24, 2.45) is 0 Å². The molecule has 4 aromatic rings. The Kier molecular flexibility index (Phi) is 5.24. The number of benzene rings is 1. The SMILES string of the molecule is CCc1cc2c(cc3c(=O)n(CC(=O)N[C@H](C)c4ccccc4)nc(CC)n32)s1. The van der Waals surface area contributed by atoms with Gasteiger partial charge in [-0.25, -0.2) is 4.68 Å². The van der Waals surface area contributed by atoms with Gasteiger partial charge in [0, 0.05) is 11.3 Å². The number of carbonyl (C=O) groups is 1. The molecule has 3 aromatic heterocycles. The Morgan fingerprint density at radius 3 is 2.59 bits per heavy atom. The second-order valence-corrected chi connectivity index (χ2v) is 8.28. The van der Waals surface area contributed by atoms with Crippen molar-refractivity contribution >= 4 is 33.0 Å². The van der Waals surface area contributed by atoms with Gasteiger partial charge in [-0.3, -0.25) is 14.0 Å². The number of hydrogen-bond donors (Lipinski definition) is 1. The minimum Gasteiger partial charge on any atom is -0.348 e. The molecule has 0 radical (unpaired) electrons. The molecule has 0 saturated heterocycles. The predicted octanol–water partition coefficient (Wildman–Crippen LogP) is 3.71. The van der Waals surface area contributed by atoms with E-state index in [4.69, 9.17) is 0 Å². The standard InChI is InChI=1S/C22H24N4O2S/c1-4-16-11-17-19(29-16)12-18-22(28)25(24-20(5-2)26(17)18)13-21(27)23-14(3)15-9-7-6-8-10-15/h6-12,14H,4-5,13H2,1-3H3,(H,23,27)/t14-/m1/s1. The van der Waals surface area contributed by atoms with Crippen LogP contribution in [-0.4, -0.2) is 20.1 Å². The molecule has 1 amide bonds. The first-order chi connectivity index (χ1) is 14.0. The van der Waals surface area contributed by atoms with E-state index in [1.54, 1.807) is 11.3 Å². The third-order valence-corrected chi connectivity index (χ3v) is 6.34. The van der Waals surface area contributed by atoms with Gasteiger partial charge in [0.25, 0.3) is 5.56 Å². The van der Waals surface area contributed by atoms with Crippen LogP contribution in [0.2, 0.25) is 0 Å². The van der Waals surface area contributed by atoms with Crippen molar-refractivity contribution in [3.05, 3.63) is 69.1 Å². The van der Waals surface area contributed by atoms with Gasteiger partial charge in [-0.15, -0.1) is 11.3 Å². The minimum atomic E-state index is -0.244. The molecule has 0 unspecified atom stereocenters. The van der Waals surface area contributed by atoms with Crippen LogP contribution in [0, 0.1) is 0 Å². The van der Waals surface area contributed by atoms with Gasteiger partial charge in [0.15, 0.2) is 0 Å². The zero-order valence-corrected chi connectivity index (χ0v) is 17.6. The van der Waals surface area contributed by atoms with Crippen molar-refractivity contribution in [2.45, 2.75) is 46.2 Å². The van der Waals surface area contributed by atoms with Crippen LogP contribution < -0.4 is 10.9 Å². The summed E-state index contributed by atoms with van der Waals surface area (Å²) in [7, 11) is 0. The fourth-order valence-electron chi connectivity index (χ4n) is 3.60. The van der Waals surface area contributed by atoms with Crippen LogP contribution in [0.3, 0.4) is 0 Å². The lowest BCUT2D eigenvalue weighted by Crippen LogP contribution is -2.36. The van der Waals surface area contributed by atoms with Gasteiger partial charge in [-0.1, -0.05) is 44.2 Å². The van der Waals surface area contributed by atoms with Crippen molar-refractivity contribution in [1.82, 2.24) is 19.5 Å². The largest absolute Gasteiger partial charge is 0.348 e. The van der Waals surface area contributed by atoms with Crippen molar-refractivity contribution in [1.29, 1.82) is 0 Å². The van der Waals surface area contributed by atoms with Crippen molar-refractivity contribution in [3.8, 4) is 0 Å². The lowest BCUT2D eigenvalue weighted by atomic mass is 10.1. The van der Waals surface area contributed by atoms with Crippen LogP contribution in [0.15, 0.2) is 47.3 Å². The summed E-state index contributed by atoms with van der Waals surface area (Å²) in [6.07, 6.45) is 1.63. The minimum absolute atomic E-state index is 0.0987. The monoisotopic (exact) mass is 408 g/mol. The number of nitrogens with zero attached hydrogens (tertiary/aromatic N) is 3. The van der Waals surface area contributed by atoms with Gasteiger partial charge in [-0.05, 0) is 31.0 Å². The molecule has 1 aromatic carbocycles. The highest BCUT2D eigenvalue weighted by molar-refractivity contribution is 7.19. The Morgan fingerprint density at radius 1 is 1.14 bits per heavy atom. The van der Waals surface area contributed by atoms with Gasteiger partial charge in [0.2, 0.25) is 5.91 Å². The maximum absolute atomic E-state index is 13.0. The van der Waals surface area contributed by atoms with E-state index in [1.807, 2.05) is 54.6 Å². The molecule has 0 saturated carbocycles. The lowest BCUT2D eigenvalue weighted by molar-refractivity contribution is -0.122. The van der Waals surface area contributed by atoms with Crippen molar-refractivity contribution in [2.75, 3.05) is 0 Å². The number of thiophene rings is 1. The van der Waals surface area contributed by atoms with E-state index < -0.39 is 0 Å². The van der Waals surface area contributed by atoms with Gasteiger partial charge in [0.05, 0.1) is 16.3 Å². The number of rotatable bonds is 6. The summed E-state index contributed by atoms with van der Waals surface area (Å²) in [5, 5.41) is 7.46. The molecule has 1 atom stereocenters. The first kappa shape index (κ1) is 19.4. The van der Waals surface area contributed by atoms with E-state index in [1.165, 1.54) is 9.56 Å². The molecule has 0 fully saturated rings. The average Bonchev–Trinajstić information content (AvgIpc) is 3.28. The number of hydrogen-bond acceptors (Lipinski definition) is 4. The topological polar surface area (TPSA) is 68.4 Å². The Balaban J connectivity index is 1.66. The first-order valence-corrected chi connectivity index (χ1v) is 10.7. The molecule has 4 rings (SSSR count). The molecule has 0 spiro atoms. The average molecular weight is 409 g/mol. The molecule has 0 aliphatic heterocycles. The summed E-state index contributed by atoms with van der Waals surface area (Å²) >= 11 is 1.70. The fraction of sp³-hybridized carbons (Fsp3) is 0.318. The molecular formula is C22H24N4O2S. The summed E-state index contributed by atoms with van der Waals surface area (Å²) in [5.74, 6) is 0.544. The molecule has 0 bridgehead atoms. The van der Waals surface area contributed by atoms with E-state index in [2.05, 4.69) is 23.4 Å². The number of aryl methyl sites for hydroxylation is 2. The molecule has 0 aliphatic rings. The molecular weight excluding hydrogens is 384 g/mol. The molecule has 1 N–H and O–H groups in total. The van der Waals surface area contributed by atoms with E-state index in [-0.39, 0.29) is 24.1 Å². The molecule has 29 heavy (non-hydrogen) atoms. The Bertz CT molecular complexity index is 1240. The summed E-state index contributed by atoms with van der Waals surface area (Å²) in [4.78, 5) is 26.9. The normalized spacial score (nSPS) is 12.5. The fourth-order valence-corrected chi connectivity index (χ4v) is 4.62. The van der Waals surface area contributed by atoms with E-state index in [9.17, 15) is 9.59 Å². The van der Waals surface area contributed by atoms with E-state index in [0.717, 1.165) is 28.0 Å². The van der Waals surface area contributed by atoms with E-state index in [0.29, 0.717) is 11.9 Å². The number of carbonyl (C=O) groups excluding carboxylic acids is 1. The van der Waals surface area contributed by atoms with Gasteiger partial charge < -0.3 is 5.32 Å². The lowest BCUT2D eigenvalue weighted by Gasteiger charge is -2.15. The molecule has 0 aliphatic carbocycles. The maximum atomic E-state index is 13.0. The number of aromatic nitrogens is 3. The van der Waals surface area contributed by atoms with E-state index >= 15 is 0 Å². The Morgan fingerprint density at radius 2 is 1.90 bits per heavy atom. The van der Waals surface area contributed by atoms with Crippen LogP contribution in [0.4, 0.5) is 0 Å². The Hall–Kier alpha value is -2.93. The first-order valence-electron chi connectivity index (χ1n) is 9.90. The van der Waals surface area contributed by atoms with Gasteiger partial charge in [-0.2, -0.15) is 5.10 Å². The molecule has 3 heterocycles. The predicted molar refractivity (Wildman–Crippen MR) is 117 cm³/mol. The van der Waals surface area contributed by atoms with Crippen LogP contribution in [0.25, 0.3) is 15.7 Å². The highest BCUT2D eigenvalue weighted by atomic mass is 32.1. The number of nitrogens with one attached hydrogen (secondary N) is 1. The maximum Gasteiger partial charge on any atom is 0.291 e. The summed E-state index contributed by atoms with van der Waals surface area (Å²) in [6.45, 7) is 5.96. The molecule has 150 valence electrons. The highest BCUT2D eigenvalue weighted by Gasteiger charge is 2.17. The van der Waals surface area contributed by atoms with Crippen molar-refractivity contribution < 1.29 is 4.79 Å². The smallest absolute Gasteiger partial charge is 0.291 e. The Labute approximate surface area is 172 Å². The number of fused-ring (bicyclic) bond motifs is 3. The molecule has 7 heteroatoms. The highest BCUT2D eigenvalue weighted by Crippen LogP contribution is 2.29. The van der Waals surface area contributed by atoms with Crippen LogP contribution in [-0.2, 0) is 24.2 Å². The van der Waals surface area contributed by atoms with Crippen LogP contribution in [0.1, 0.15) is 43.1 Å².